The molecule has 0 atom stereocenters. The fourth-order valence-electron chi connectivity index (χ4n) is 1.05. The zero-order valence-electron chi connectivity index (χ0n) is 7.15. The summed E-state index contributed by atoms with van der Waals surface area (Å²) >= 11 is 0. The van der Waals surface area contributed by atoms with E-state index in [4.69, 9.17) is 5.53 Å². The lowest BCUT2D eigenvalue weighted by molar-refractivity contribution is 0.794. The standard InChI is InChI=1S/C7H11N5/c1-5(2)7-6(3-9-11-7)4-10-12-8/h3,5H,4H2,1-2H3,(H,9,11). The van der Waals surface area contributed by atoms with Crippen LogP contribution in [-0.4, -0.2) is 10.2 Å². The maximum Gasteiger partial charge on any atom is 0.0544 e. The Morgan fingerprint density at radius 3 is 3.08 bits per heavy atom. The van der Waals surface area contributed by atoms with Crippen LogP contribution in [0.5, 0.6) is 0 Å². The van der Waals surface area contributed by atoms with Crippen LogP contribution in [-0.2, 0) is 6.54 Å². The Morgan fingerprint density at radius 1 is 1.75 bits per heavy atom. The van der Waals surface area contributed by atoms with Crippen LogP contribution in [0, 0.1) is 0 Å². The lowest BCUT2D eigenvalue weighted by atomic mass is 10.1. The highest BCUT2D eigenvalue weighted by Gasteiger charge is 2.06. The fraction of sp³-hybridized carbons (Fsp3) is 0.571. The molecule has 0 fully saturated rings. The van der Waals surface area contributed by atoms with Crippen molar-refractivity contribution in [2.45, 2.75) is 26.3 Å². The van der Waals surface area contributed by atoms with E-state index in [-0.39, 0.29) is 0 Å². The molecule has 5 heteroatoms. The SMILES string of the molecule is CC(C)c1[nH]ncc1CN=[N+]=[N-]. The predicted octanol–water partition coefficient (Wildman–Crippen LogP) is 2.34. The molecular weight excluding hydrogens is 154 g/mol. The third-order valence-corrected chi connectivity index (χ3v) is 1.63. The predicted molar refractivity (Wildman–Crippen MR) is 45.5 cm³/mol. The minimum atomic E-state index is 0.376. The van der Waals surface area contributed by atoms with Gasteiger partial charge in [-0.2, -0.15) is 5.10 Å². The first-order valence-electron chi connectivity index (χ1n) is 3.78. The highest BCUT2D eigenvalue weighted by molar-refractivity contribution is 5.19. The molecule has 0 saturated heterocycles. The lowest BCUT2D eigenvalue weighted by Crippen LogP contribution is -1.92. The molecule has 1 aromatic rings. The molecule has 1 rings (SSSR count). The second-order valence-corrected chi connectivity index (χ2v) is 2.85. The van der Waals surface area contributed by atoms with Crippen molar-refractivity contribution in [3.05, 3.63) is 27.9 Å². The normalized spacial score (nSPS) is 9.92. The summed E-state index contributed by atoms with van der Waals surface area (Å²) in [5.41, 5.74) is 10.1. The Kier molecular flexibility index (Phi) is 2.71. The van der Waals surface area contributed by atoms with Gasteiger partial charge in [0.2, 0.25) is 0 Å². The first-order valence-corrected chi connectivity index (χ1v) is 3.78. The summed E-state index contributed by atoms with van der Waals surface area (Å²) in [5, 5.41) is 10.2. The van der Waals surface area contributed by atoms with E-state index in [9.17, 15) is 0 Å². The van der Waals surface area contributed by atoms with Crippen LogP contribution in [0.2, 0.25) is 0 Å². The van der Waals surface area contributed by atoms with Gasteiger partial charge < -0.3 is 0 Å². The summed E-state index contributed by atoms with van der Waals surface area (Å²) < 4.78 is 0. The second kappa shape index (κ2) is 3.78. The van der Waals surface area contributed by atoms with Crippen molar-refractivity contribution in [3.63, 3.8) is 0 Å². The number of azide groups is 1. The average molecular weight is 165 g/mol. The van der Waals surface area contributed by atoms with Gasteiger partial charge in [0.05, 0.1) is 12.7 Å². The monoisotopic (exact) mass is 165 g/mol. The number of hydrogen-bond acceptors (Lipinski definition) is 2. The van der Waals surface area contributed by atoms with Crippen molar-refractivity contribution < 1.29 is 0 Å². The minimum absolute atomic E-state index is 0.376. The van der Waals surface area contributed by atoms with E-state index in [1.807, 2.05) is 0 Å². The number of nitrogens with one attached hydrogen (secondary N) is 1. The number of nitrogens with zero attached hydrogens (tertiary/aromatic N) is 4. The Bertz CT molecular complexity index is 295. The van der Waals surface area contributed by atoms with Crippen molar-refractivity contribution in [2.75, 3.05) is 0 Å². The Labute approximate surface area is 70.4 Å². The van der Waals surface area contributed by atoms with Crippen LogP contribution in [0.1, 0.15) is 31.0 Å². The van der Waals surface area contributed by atoms with Crippen LogP contribution in [0.3, 0.4) is 0 Å². The highest BCUT2D eigenvalue weighted by Crippen LogP contribution is 2.16. The number of hydrogen-bond donors (Lipinski definition) is 1. The zero-order valence-corrected chi connectivity index (χ0v) is 7.15. The van der Waals surface area contributed by atoms with E-state index in [1.54, 1.807) is 6.20 Å². The van der Waals surface area contributed by atoms with Gasteiger partial charge >= 0.3 is 0 Å². The van der Waals surface area contributed by atoms with Crippen molar-refractivity contribution in [3.8, 4) is 0 Å². The Morgan fingerprint density at radius 2 is 2.50 bits per heavy atom. The maximum atomic E-state index is 8.12. The molecule has 5 nitrogen and oxygen atoms in total. The summed E-state index contributed by atoms with van der Waals surface area (Å²) in [6.45, 7) is 4.50. The molecule has 0 aliphatic carbocycles. The number of rotatable bonds is 3. The molecule has 0 radical (unpaired) electrons. The topological polar surface area (TPSA) is 77.4 Å². The quantitative estimate of drug-likeness (QED) is 0.416. The molecule has 0 aliphatic heterocycles. The number of aromatic amines is 1. The first kappa shape index (κ1) is 8.62. The van der Waals surface area contributed by atoms with Crippen LogP contribution in [0.15, 0.2) is 11.3 Å². The molecule has 1 aromatic heterocycles. The van der Waals surface area contributed by atoms with Gasteiger partial charge in [-0.1, -0.05) is 19.0 Å². The van der Waals surface area contributed by atoms with Gasteiger partial charge in [-0.15, -0.1) is 0 Å². The first-order chi connectivity index (χ1) is 5.75. The molecule has 0 aromatic carbocycles. The summed E-state index contributed by atoms with van der Waals surface area (Å²) in [4.78, 5) is 2.69. The summed E-state index contributed by atoms with van der Waals surface area (Å²) in [6, 6.07) is 0. The number of aromatic nitrogens is 2. The molecule has 12 heavy (non-hydrogen) atoms. The van der Waals surface area contributed by atoms with Gasteiger partial charge in [0.1, 0.15) is 0 Å². The Hall–Kier alpha value is -1.48. The molecular formula is C7H11N5. The van der Waals surface area contributed by atoms with Gasteiger partial charge in [-0.25, -0.2) is 0 Å². The Balaban J connectivity index is 2.83. The summed E-state index contributed by atoms with van der Waals surface area (Å²) in [5.74, 6) is 0.386. The molecule has 0 aliphatic rings. The molecule has 0 amide bonds. The third kappa shape index (κ3) is 1.77. The molecule has 0 saturated carbocycles. The van der Waals surface area contributed by atoms with Crippen molar-refractivity contribution >= 4 is 0 Å². The number of H-pyrrole nitrogens is 1. The molecule has 1 N–H and O–H groups in total. The smallest absolute Gasteiger partial charge is 0.0544 e. The zero-order chi connectivity index (χ0) is 8.97. The van der Waals surface area contributed by atoms with Gasteiger partial charge in [0, 0.05) is 10.6 Å². The largest absolute Gasteiger partial charge is 0.282 e. The van der Waals surface area contributed by atoms with Crippen LogP contribution < -0.4 is 0 Å². The summed E-state index contributed by atoms with van der Waals surface area (Å²) in [6.07, 6.45) is 1.70. The van der Waals surface area contributed by atoms with Crippen LogP contribution in [0.25, 0.3) is 10.4 Å². The fourth-order valence-corrected chi connectivity index (χ4v) is 1.05. The van der Waals surface area contributed by atoms with E-state index in [1.165, 1.54) is 0 Å². The second-order valence-electron chi connectivity index (χ2n) is 2.85. The van der Waals surface area contributed by atoms with E-state index in [0.29, 0.717) is 12.5 Å². The van der Waals surface area contributed by atoms with Gasteiger partial charge in [-0.05, 0) is 17.0 Å². The highest BCUT2D eigenvalue weighted by atomic mass is 15.1. The van der Waals surface area contributed by atoms with E-state index >= 15 is 0 Å². The van der Waals surface area contributed by atoms with Crippen molar-refractivity contribution in [2.24, 2.45) is 5.11 Å². The van der Waals surface area contributed by atoms with E-state index in [0.717, 1.165) is 11.3 Å². The van der Waals surface area contributed by atoms with Gasteiger partial charge in [-0.3, -0.25) is 5.10 Å². The minimum Gasteiger partial charge on any atom is -0.282 e. The van der Waals surface area contributed by atoms with Crippen LogP contribution in [0.4, 0.5) is 0 Å². The van der Waals surface area contributed by atoms with E-state index < -0.39 is 0 Å². The molecule has 64 valence electrons. The molecule has 0 unspecified atom stereocenters. The van der Waals surface area contributed by atoms with Crippen LogP contribution >= 0.6 is 0 Å². The third-order valence-electron chi connectivity index (χ3n) is 1.63. The van der Waals surface area contributed by atoms with Gasteiger partial charge in [0.25, 0.3) is 0 Å². The molecule has 1 heterocycles. The molecule has 0 spiro atoms. The molecule has 0 bridgehead atoms. The van der Waals surface area contributed by atoms with Gasteiger partial charge in [0.15, 0.2) is 0 Å². The average Bonchev–Trinajstić information content (AvgIpc) is 2.48. The summed E-state index contributed by atoms with van der Waals surface area (Å²) in [7, 11) is 0. The maximum absolute atomic E-state index is 8.12. The lowest BCUT2D eigenvalue weighted by Gasteiger charge is -2.02. The van der Waals surface area contributed by atoms with Crippen molar-refractivity contribution in [1.29, 1.82) is 0 Å². The van der Waals surface area contributed by atoms with E-state index in [2.05, 4.69) is 34.1 Å². The van der Waals surface area contributed by atoms with Crippen molar-refractivity contribution in [1.82, 2.24) is 10.2 Å².